The molecule has 0 radical (unpaired) electrons. The zero-order valence-electron chi connectivity index (χ0n) is 9.11. The van der Waals surface area contributed by atoms with Crippen molar-refractivity contribution in [1.82, 2.24) is 4.98 Å². The molecule has 1 aromatic heterocycles. The van der Waals surface area contributed by atoms with Crippen molar-refractivity contribution >= 4 is 5.69 Å². The summed E-state index contributed by atoms with van der Waals surface area (Å²) in [6.07, 6.45) is 7.15. The van der Waals surface area contributed by atoms with E-state index in [2.05, 4.69) is 17.1 Å². The SMILES string of the molecule is Nc1c(-c2ccncc2)ccc2c1CCC2. The molecule has 3 rings (SSSR count). The molecule has 2 nitrogen and oxygen atoms in total. The maximum atomic E-state index is 6.25. The van der Waals surface area contributed by atoms with Gasteiger partial charge in [-0.25, -0.2) is 0 Å². The Kier molecular flexibility index (Phi) is 2.13. The summed E-state index contributed by atoms with van der Waals surface area (Å²) in [5, 5.41) is 0. The fraction of sp³-hybridized carbons (Fsp3) is 0.214. The van der Waals surface area contributed by atoms with Crippen molar-refractivity contribution in [3.63, 3.8) is 0 Å². The third-order valence-corrected chi connectivity index (χ3v) is 3.32. The lowest BCUT2D eigenvalue weighted by Gasteiger charge is -2.10. The Bertz CT molecular complexity index is 518. The van der Waals surface area contributed by atoms with E-state index in [4.69, 9.17) is 5.73 Å². The molecule has 0 saturated carbocycles. The summed E-state index contributed by atoms with van der Waals surface area (Å²) >= 11 is 0. The summed E-state index contributed by atoms with van der Waals surface area (Å²) in [6.45, 7) is 0. The first-order valence-corrected chi connectivity index (χ1v) is 5.67. The van der Waals surface area contributed by atoms with Gasteiger partial charge in [-0.05, 0) is 48.1 Å². The molecular formula is C14H14N2. The van der Waals surface area contributed by atoms with E-state index in [1.807, 2.05) is 24.5 Å². The number of hydrogen-bond acceptors (Lipinski definition) is 2. The molecule has 0 amide bonds. The Morgan fingerprint density at radius 2 is 1.81 bits per heavy atom. The van der Waals surface area contributed by atoms with Crippen molar-refractivity contribution in [3.8, 4) is 11.1 Å². The zero-order chi connectivity index (χ0) is 11.0. The van der Waals surface area contributed by atoms with Gasteiger partial charge in [0.25, 0.3) is 0 Å². The predicted molar refractivity (Wildman–Crippen MR) is 66.1 cm³/mol. The average molecular weight is 210 g/mol. The highest BCUT2D eigenvalue weighted by atomic mass is 14.6. The van der Waals surface area contributed by atoms with Crippen LogP contribution < -0.4 is 5.73 Å². The lowest BCUT2D eigenvalue weighted by atomic mass is 9.98. The number of aromatic nitrogens is 1. The summed E-state index contributed by atoms with van der Waals surface area (Å²) in [4.78, 5) is 4.03. The number of hydrogen-bond donors (Lipinski definition) is 1. The molecule has 1 aromatic carbocycles. The number of nitrogens with zero attached hydrogens (tertiary/aromatic N) is 1. The monoisotopic (exact) mass is 210 g/mol. The van der Waals surface area contributed by atoms with Crippen molar-refractivity contribution in [2.75, 3.05) is 5.73 Å². The minimum atomic E-state index is 0.959. The number of nitrogen functional groups attached to an aromatic ring is 1. The summed E-state index contributed by atoms with van der Waals surface area (Å²) < 4.78 is 0. The summed E-state index contributed by atoms with van der Waals surface area (Å²) in [6, 6.07) is 8.36. The minimum Gasteiger partial charge on any atom is -0.398 e. The molecule has 2 aromatic rings. The quantitative estimate of drug-likeness (QED) is 0.735. The van der Waals surface area contributed by atoms with Gasteiger partial charge in [-0.1, -0.05) is 12.1 Å². The minimum absolute atomic E-state index is 0.959. The summed E-state index contributed by atoms with van der Waals surface area (Å²) in [7, 11) is 0. The van der Waals surface area contributed by atoms with E-state index in [9.17, 15) is 0 Å². The Labute approximate surface area is 95.1 Å². The first kappa shape index (κ1) is 9.40. The summed E-state index contributed by atoms with van der Waals surface area (Å²) in [5.74, 6) is 0. The lowest BCUT2D eigenvalue weighted by molar-refractivity contribution is 0.912. The normalized spacial score (nSPS) is 13.8. The van der Waals surface area contributed by atoms with Gasteiger partial charge in [-0.2, -0.15) is 0 Å². The third kappa shape index (κ3) is 1.38. The highest BCUT2D eigenvalue weighted by molar-refractivity contribution is 5.79. The fourth-order valence-corrected chi connectivity index (χ4v) is 2.48. The second kappa shape index (κ2) is 3.63. The van der Waals surface area contributed by atoms with E-state index in [1.54, 1.807) is 0 Å². The van der Waals surface area contributed by atoms with Crippen molar-refractivity contribution in [1.29, 1.82) is 0 Å². The molecule has 0 fully saturated rings. The van der Waals surface area contributed by atoms with Crippen LogP contribution in [0.15, 0.2) is 36.7 Å². The van der Waals surface area contributed by atoms with Crippen molar-refractivity contribution in [2.45, 2.75) is 19.3 Å². The van der Waals surface area contributed by atoms with E-state index < -0.39 is 0 Å². The average Bonchev–Trinajstić information content (AvgIpc) is 2.80. The number of pyridine rings is 1. The number of aryl methyl sites for hydroxylation is 1. The van der Waals surface area contributed by atoms with Gasteiger partial charge in [0, 0.05) is 23.6 Å². The van der Waals surface area contributed by atoms with Crippen LogP contribution in [0.2, 0.25) is 0 Å². The van der Waals surface area contributed by atoms with Gasteiger partial charge < -0.3 is 5.73 Å². The molecular weight excluding hydrogens is 196 g/mol. The first-order chi connectivity index (χ1) is 7.86. The molecule has 0 bridgehead atoms. The van der Waals surface area contributed by atoms with Gasteiger partial charge in [-0.3, -0.25) is 4.98 Å². The van der Waals surface area contributed by atoms with Crippen LogP contribution in [0, 0.1) is 0 Å². The van der Waals surface area contributed by atoms with Crippen LogP contribution in [0.3, 0.4) is 0 Å². The maximum absolute atomic E-state index is 6.25. The Hall–Kier alpha value is -1.83. The smallest absolute Gasteiger partial charge is 0.0429 e. The van der Waals surface area contributed by atoms with Crippen LogP contribution in [0.25, 0.3) is 11.1 Å². The second-order valence-electron chi connectivity index (χ2n) is 4.25. The van der Waals surface area contributed by atoms with Crippen molar-refractivity contribution in [2.24, 2.45) is 0 Å². The van der Waals surface area contributed by atoms with Crippen molar-refractivity contribution in [3.05, 3.63) is 47.8 Å². The Morgan fingerprint density at radius 3 is 2.62 bits per heavy atom. The second-order valence-corrected chi connectivity index (χ2v) is 4.25. The topological polar surface area (TPSA) is 38.9 Å². The third-order valence-electron chi connectivity index (χ3n) is 3.32. The molecule has 0 atom stereocenters. The van der Waals surface area contributed by atoms with Crippen LogP contribution in [0.1, 0.15) is 17.5 Å². The van der Waals surface area contributed by atoms with E-state index in [-0.39, 0.29) is 0 Å². The van der Waals surface area contributed by atoms with Crippen LogP contribution >= 0.6 is 0 Å². The largest absolute Gasteiger partial charge is 0.398 e. The maximum Gasteiger partial charge on any atom is 0.0429 e. The molecule has 16 heavy (non-hydrogen) atoms. The van der Waals surface area contributed by atoms with E-state index in [0.29, 0.717) is 0 Å². The number of rotatable bonds is 1. The fourth-order valence-electron chi connectivity index (χ4n) is 2.48. The van der Waals surface area contributed by atoms with E-state index in [0.717, 1.165) is 23.2 Å². The molecule has 0 spiro atoms. The lowest BCUT2D eigenvalue weighted by Crippen LogP contribution is -1.96. The van der Waals surface area contributed by atoms with E-state index in [1.165, 1.54) is 24.0 Å². The molecule has 0 saturated heterocycles. The number of nitrogens with two attached hydrogens (primary N) is 1. The number of benzene rings is 1. The van der Waals surface area contributed by atoms with Crippen LogP contribution in [-0.2, 0) is 12.8 Å². The summed E-state index contributed by atoms with van der Waals surface area (Å²) in [5.41, 5.74) is 12.3. The van der Waals surface area contributed by atoms with Gasteiger partial charge in [0.2, 0.25) is 0 Å². The Morgan fingerprint density at radius 1 is 1.00 bits per heavy atom. The Balaban J connectivity index is 2.16. The standard InChI is InChI=1S/C14H14N2/c15-14-12-3-1-2-10(12)4-5-13(14)11-6-8-16-9-7-11/h4-9H,1-3,15H2. The molecule has 2 heteroatoms. The molecule has 1 aliphatic carbocycles. The van der Waals surface area contributed by atoms with E-state index >= 15 is 0 Å². The van der Waals surface area contributed by atoms with Gasteiger partial charge in [0.1, 0.15) is 0 Å². The molecule has 0 unspecified atom stereocenters. The van der Waals surface area contributed by atoms with Crippen LogP contribution in [-0.4, -0.2) is 4.98 Å². The predicted octanol–water partition coefficient (Wildman–Crippen LogP) is 2.82. The van der Waals surface area contributed by atoms with Gasteiger partial charge in [-0.15, -0.1) is 0 Å². The van der Waals surface area contributed by atoms with Crippen molar-refractivity contribution < 1.29 is 0 Å². The highest BCUT2D eigenvalue weighted by Crippen LogP contribution is 2.34. The van der Waals surface area contributed by atoms with Crippen LogP contribution in [0.4, 0.5) is 5.69 Å². The molecule has 1 aliphatic rings. The molecule has 1 heterocycles. The molecule has 2 N–H and O–H groups in total. The number of anilines is 1. The highest BCUT2D eigenvalue weighted by Gasteiger charge is 2.16. The molecule has 80 valence electrons. The first-order valence-electron chi connectivity index (χ1n) is 5.67. The van der Waals surface area contributed by atoms with Crippen LogP contribution in [0.5, 0.6) is 0 Å². The van der Waals surface area contributed by atoms with Gasteiger partial charge in [0.05, 0.1) is 0 Å². The zero-order valence-corrected chi connectivity index (χ0v) is 9.11. The molecule has 0 aliphatic heterocycles. The number of fused-ring (bicyclic) bond motifs is 1. The van der Waals surface area contributed by atoms with Gasteiger partial charge in [0.15, 0.2) is 0 Å². The van der Waals surface area contributed by atoms with Gasteiger partial charge >= 0.3 is 0 Å².